The van der Waals surface area contributed by atoms with Crippen LogP contribution in [0.5, 0.6) is 0 Å². The highest BCUT2D eigenvalue weighted by Crippen LogP contribution is 2.30. The Hall–Kier alpha value is -0.720. The molecule has 0 aromatic carbocycles. The van der Waals surface area contributed by atoms with Crippen LogP contribution in [0.2, 0.25) is 0 Å². The largest absolute Gasteiger partial charge is 0.379 e. The van der Waals surface area contributed by atoms with E-state index >= 15 is 0 Å². The van der Waals surface area contributed by atoms with Gasteiger partial charge in [-0.25, -0.2) is 0 Å². The summed E-state index contributed by atoms with van der Waals surface area (Å²) in [5, 5.41) is 13.8. The van der Waals surface area contributed by atoms with Crippen molar-refractivity contribution in [2.45, 2.75) is 51.2 Å². The highest BCUT2D eigenvalue weighted by atomic mass is 32.1. The molecule has 0 spiro atoms. The number of anilines is 1. The fraction of sp³-hybridized carbons (Fsp3) is 0.857. The van der Waals surface area contributed by atoms with E-state index in [1.54, 1.807) is 11.3 Å². The molecular weight excluding hydrogens is 274 g/mol. The van der Waals surface area contributed by atoms with Crippen LogP contribution in [0.1, 0.15) is 44.0 Å². The molecule has 0 unspecified atom stereocenters. The lowest BCUT2D eigenvalue weighted by atomic mass is 10.1. The quantitative estimate of drug-likeness (QED) is 0.875. The summed E-state index contributed by atoms with van der Waals surface area (Å²) in [7, 11) is 0. The summed E-state index contributed by atoms with van der Waals surface area (Å²) in [6.45, 7) is 6.65. The van der Waals surface area contributed by atoms with Gasteiger partial charge in [0.05, 0.1) is 18.8 Å². The van der Waals surface area contributed by atoms with Gasteiger partial charge in [-0.3, -0.25) is 0 Å². The second-order valence-electron chi connectivity index (χ2n) is 6.03. The third-order valence-electron chi connectivity index (χ3n) is 3.78. The Bertz CT molecular complexity index is 434. The first kappa shape index (κ1) is 14.2. The molecule has 5 nitrogen and oxygen atoms in total. The SMILES string of the molecule is CC(C)c1nnc(N[C@@H]2COCC[C@@H]2OCC2CC2)s1. The first-order chi connectivity index (χ1) is 9.72. The molecule has 0 bridgehead atoms. The molecule has 112 valence electrons. The van der Waals surface area contributed by atoms with Crippen LogP contribution in [0, 0.1) is 5.92 Å². The second-order valence-corrected chi connectivity index (χ2v) is 7.04. The minimum Gasteiger partial charge on any atom is -0.379 e. The Morgan fingerprint density at radius 3 is 2.90 bits per heavy atom. The van der Waals surface area contributed by atoms with E-state index in [0.717, 1.165) is 35.7 Å². The zero-order valence-corrected chi connectivity index (χ0v) is 13.0. The Morgan fingerprint density at radius 1 is 1.35 bits per heavy atom. The zero-order chi connectivity index (χ0) is 13.9. The van der Waals surface area contributed by atoms with Gasteiger partial charge in [0.15, 0.2) is 0 Å². The molecule has 2 fully saturated rings. The summed E-state index contributed by atoms with van der Waals surface area (Å²) in [6, 6.07) is 0.190. The van der Waals surface area contributed by atoms with Crippen molar-refractivity contribution in [2.24, 2.45) is 5.92 Å². The van der Waals surface area contributed by atoms with E-state index in [0.29, 0.717) is 12.5 Å². The summed E-state index contributed by atoms with van der Waals surface area (Å²) in [4.78, 5) is 0. The van der Waals surface area contributed by atoms with Gasteiger partial charge in [0.2, 0.25) is 5.13 Å². The normalized spacial score (nSPS) is 26.9. The first-order valence-corrected chi connectivity index (χ1v) is 8.33. The van der Waals surface area contributed by atoms with E-state index in [2.05, 4.69) is 29.4 Å². The van der Waals surface area contributed by atoms with Gasteiger partial charge in [0.25, 0.3) is 0 Å². The number of hydrogen-bond acceptors (Lipinski definition) is 6. The molecule has 1 saturated heterocycles. The molecule has 1 saturated carbocycles. The number of rotatable bonds is 6. The number of ether oxygens (including phenoxy) is 2. The number of aromatic nitrogens is 2. The average molecular weight is 297 g/mol. The maximum Gasteiger partial charge on any atom is 0.206 e. The highest BCUT2D eigenvalue weighted by molar-refractivity contribution is 7.15. The maximum atomic E-state index is 6.06. The Labute approximate surface area is 124 Å². The topological polar surface area (TPSA) is 56.3 Å². The second kappa shape index (κ2) is 6.37. The van der Waals surface area contributed by atoms with Crippen molar-refractivity contribution in [3.8, 4) is 0 Å². The van der Waals surface area contributed by atoms with E-state index in [1.807, 2.05) is 0 Å². The first-order valence-electron chi connectivity index (χ1n) is 7.51. The van der Waals surface area contributed by atoms with Crippen molar-refractivity contribution in [1.29, 1.82) is 0 Å². The molecule has 6 heteroatoms. The Morgan fingerprint density at radius 2 is 2.20 bits per heavy atom. The van der Waals surface area contributed by atoms with Gasteiger partial charge < -0.3 is 14.8 Å². The molecule has 2 heterocycles. The van der Waals surface area contributed by atoms with Crippen molar-refractivity contribution in [3.05, 3.63) is 5.01 Å². The Kier molecular flexibility index (Phi) is 4.53. The molecule has 3 rings (SSSR count). The molecule has 1 aromatic heterocycles. The van der Waals surface area contributed by atoms with E-state index in [4.69, 9.17) is 9.47 Å². The maximum absolute atomic E-state index is 6.06. The predicted octanol–water partition coefficient (Wildman–Crippen LogP) is 2.66. The standard InChI is InChI=1S/C14H23N3O2S/c1-9(2)13-16-17-14(20-13)15-11-8-18-6-5-12(11)19-7-10-3-4-10/h9-12H,3-8H2,1-2H3,(H,15,17)/t11-,12+/m1/s1. The predicted molar refractivity (Wildman–Crippen MR) is 79.3 cm³/mol. The summed E-state index contributed by atoms with van der Waals surface area (Å²) in [5.41, 5.74) is 0. The molecule has 1 aliphatic carbocycles. The highest BCUT2D eigenvalue weighted by Gasteiger charge is 2.30. The lowest BCUT2D eigenvalue weighted by Gasteiger charge is -2.31. The number of hydrogen-bond donors (Lipinski definition) is 1. The fourth-order valence-electron chi connectivity index (χ4n) is 2.28. The van der Waals surface area contributed by atoms with Crippen LogP contribution in [-0.4, -0.2) is 42.2 Å². The van der Waals surface area contributed by atoms with Crippen LogP contribution in [0.15, 0.2) is 0 Å². The van der Waals surface area contributed by atoms with Gasteiger partial charge in [-0.1, -0.05) is 25.2 Å². The Balaban J connectivity index is 1.56. The third-order valence-corrected chi connectivity index (χ3v) is 4.93. The number of nitrogens with zero attached hydrogens (tertiary/aromatic N) is 2. The lowest BCUT2D eigenvalue weighted by molar-refractivity contribution is -0.0438. The molecule has 1 N–H and O–H groups in total. The molecule has 0 radical (unpaired) electrons. The van der Waals surface area contributed by atoms with E-state index in [9.17, 15) is 0 Å². The third kappa shape index (κ3) is 3.68. The number of nitrogens with one attached hydrogen (secondary N) is 1. The van der Waals surface area contributed by atoms with Crippen LogP contribution in [0.25, 0.3) is 0 Å². The molecule has 2 aliphatic rings. The summed E-state index contributed by atoms with van der Waals surface area (Å²) < 4.78 is 11.6. The van der Waals surface area contributed by atoms with E-state index in [1.165, 1.54) is 12.8 Å². The monoisotopic (exact) mass is 297 g/mol. The summed E-state index contributed by atoms with van der Waals surface area (Å²) in [5.74, 6) is 1.22. The smallest absolute Gasteiger partial charge is 0.206 e. The van der Waals surface area contributed by atoms with Gasteiger partial charge in [-0.2, -0.15) is 0 Å². The van der Waals surface area contributed by atoms with Crippen molar-refractivity contribution in [1.82, 2.24) is 10.2 Å². The van der Waals surface area contributed by atoms with E-state index < -0.39 is 0 Å². The molecule has 2 atom stereocenters. The zero-order valence-electron chi connectivity index (χ0n) is 12.2. The van der Waals surface area contributed by atoms with E-state index in [-0.39, 0.29) is 12.1 Å². The van der Waals surface area contributed by atoms with Crippen molar-refractivity contribution in [3.63, 3.8) is 0 Å². The fourth-order valence-corrected chi connectivity index (χ4v) is 3.09. The summed E-state index contributed by atoms with van der Waals surface area (Å²) >= 11 is 1.63. The van der Waals surface area contributed by atoms with Crippen molar-refractivity contribution >= 4 is 16.5 Å². The van der Waals surface area contributed by atoms with Crippen LogP contribution in [0.4, 0.5) is 5.13 Å². The van der Waals surface area contributed by atoms with Gasteiger partial charge in [0, 0.05) is 19.1 Å². The molecule has 0 amide bonds. The average Bonchev–Trinajstić information content (AvgIpc) is 3.15. The van der Waals surface area contributed by atoms with Crippen LogP contribution >= 0.6 is 11.3 Å². The molecule has 20 heavy (non-hydrogen) atoms. The van der Waals surface area contributed by atoms with Gasteiger partial charge in [-0.15, -0.1) is 10.2 Å². The minimum atomic E-state index is 0.190. The van der Waals surface area contributed by atoms with Crippen LogP contribution in [-0.2, 0) is 9.47 Å². The summed E-state index contributed by atoms with van der Waals surface area (Å²) in [6.07, 6.45) is 3.85. The molecule has 1 aromatic rings. The van der Waals surface area contributed by atoms with Crippen molar-refractivity contribution in [2.75, 3.05) is 25.1 Å². The minimum absolute atomic E-state index is 0.190. The van der Waals surface area contributed by atoms with Crippen molar-refractivity contribution < 1.29 is 9.47 Å². The van der Waals surface area contributed by atoms with Gasteiger partial charge >= 0.3 is 0 Å². The van der Waals surface area contributed by atoms with Crippen LogP contribution in [0.3, 0.4) is 0 Å². The van der Waals surface area contributed by atoms with Gasteiger partial charge in [-0.05, 0) is 25.2 Å². The molecular formula is C14H23N3O2S. The lowest BCUT2D eigenvalue weighted by Crippen LogP contribution is -2.44. The van der Waals surface area contributed by atoms with Gasteiger partial charge in [0.1, 0.15) is 5.01 Å². The van der Waals surface area contributed by atoms with Crippen LogP contribution < -0.4 is 5.32 Å². The molecule has 1 aliphatic heterocycles.